The molecule has 6 amide bonds. The number of carbonyl (C=O) groups excluding carboxylic acids is 6. The number of carboxylic acids is 3. The molecule has 141 heavy (non-hydrogen) atoms. The molecule has 738 valence electrons. The highest BCUT2D eigenvalue weighted by Gasteiger charge is 2.53. The van der Waals surface area contributed by atoms with E-state index in [1.165, 1.54) is 98.7 Å². The van der Waals surface area contributed by atoms with Crippen LogP contribution < -0.4 is 30.7 Å². The summed E-state index contributed by atoms with van der Waals surface area (Å²) in [5, 5.41) is 45.8. The van der Waals surface area contributed by atoms with Crippen LogP contribution in [0.25, 0.3) is 0 Å². The highest BCUT2D eigenvalue weighted by molar-refractivity contribution is 7.12. The van der Waals surface area contributed by atoms with E-state index in [2.05, 4.69) is 40.7 Å². The number of rotatable bonds is 28. The summed E-state index contributed by atoms with van der Waals surface area (Å²) in [6.45, 7) is 12.3. The number of aliphatic imine (C=N–C) groups is 3. The normalized spacial score (nSPS) is 20.9. The first kappa shape index (κ1) is 101. The number of hydrogen-bond acceptors (Lipinski definition) is 28. The van der Waals surface area contributed by atoms with Gasteiger partial charge in [-0.15, -0.1) is 34.0 Å². The third-order valence-corrected chi connectivity index (χ3v) is 29.2. The van der Waals surface area contributed by atoms with E-state index in [1.54, 1.807) is 56.1 Å². The molecule has 0 unspecified atom stereocenters. The lowest BCUT2D eigenvalue weighted by Gasteiger charge is -2.44. The SMILES string of the molecule is CCc1ccc(N2C[C@@H]3[C@@H](C(=O)O)N(CC4=C(C(=O)OC)[C@H](c5ccc(F)cc5Cl)N=C(c5nccs5)N4)CCN3C2=O)cc1.COC(=O)C1=C(CN2CCN3C(=O)N(c4c(C)cc(CCC(=O)O)cc4C)C[C@@H]3C2)NC(c2nccs2)=N[C@H]1c1ccc(F)cc1Cl.COC[C@@H]1[C@H]2CN(c3ccc(CCC(=O)O)cc3)C(=O)N2CCN1CC1=C(C(=O)OC)[C@H](c2ccc(F)c(F)c2C)N=C(c2nccs2)N1. The van der Waals surface area contributed by atoms with Gasteiger partial charge in [0, 0.05) is 183 Å². The van der Waals surface area contributed by atoms with Gasteiger partial charge in [-0.05, 0) is 134 Å². The second-order valence-electron chi connectivity index (χ2n) is 34.7. The van der Waals surface area contributed by atoms with E-state index in [9.17, 15) is 65.8 Å². The Morgan fingerprint density at radius 3 is 1.37 bits per heavy atom. The fourth-order valence-corrected chi connectivity index (χ4v) is 21.8. The van der Waals surface area contributed by atoms with Gasteiger partial charge in [0.1, 0.15) is 35.8 Å². The van der Waals surface area contributed by atoms with E-state index >= 15 is 0 Å². The molecule has 6 fully saturated rings. The minimum atomic E-state index is -1.09. The van der Waals surface area contributed by atoms with Crippen LogP contribution in [0.2, 0.25) is 10.0 Å². The number of amidine groups is 3. The zero-order chi connectivity index (χ0) is 100. The summed E-state index contributed by atoms with van der Waals surface area (Å²) in [4.78, 5) is 160. The predicted octanol–water partition coefficient (Wildman–Crippen LogP) is 12.7. The highest BCUT2D eigenvalue weighted by Crippen LogP contribution is 2.44. The Hall–Kier alpha value is -13.4. The van der Waals surface area contributed by atoms with E-state index in [-0.39, 0.29) is 121 Å². The number of fused-ring (bicyclic) bond motifs is 3. The molecule has 0 bridgehead atoms. The Bertz CT molecular complexity index is 6500. The monoisotopic (exact) mass is 2030 g/mol. The van der Waals surface area contributed by atoms with Crippen LogP contribution in [-0.4, -0.2) is 281 Å². The number of amides is 6. The van der Waals surface area contributed by atoms with Crippen molar-refractivity contribution in [1.29, 1.82) is 0 Å². The first-order valence-electron chi connectivity index (χ1n) is 45.2. The Morgan fingerprint density at radius 1 is 0.482 bits per heavy atom. The van der Waals surface area contributed by atoms with Crippen molar-refractivity contribution in [1.82, 2.24) is 60.3 Å². The van der Waals surface area contributed by atoms with Crippen LogP contribution in [0.4, 0.5) is 49.0 Å². The molecule has 6 saturated heterocycles. The molecule has 6 aromatic carbocycles. The number of esters is 3. The number of methoxy groups -OCH3 is 4. The van der Waals surface area contributed by atoms with E-state index in [1.807, 2.05) is 102 Å². The molecule has 8 atom stereocenters. The number of halogens is 6. The molecule has 0 aliphatic carbocycles. The van der Waals surface area contributed by atoms with Crippen molar-refractivity contribution in [3.8, 4) is 0 Å². The number of piperazine rings is 3. The van der Waals surface area contributed by atoms with Crippen LogP contribution in [0.3, 0.4) is 0 Å². The predicted molar refractivity (Wildman–Crippen MR) is 521 cm³/mol. The maximum atomic E-state index is 14.9. The van der Waals surface area contributed by atoms with Gasteiger partial charge in [0.05, 0.1) is 81.1 Å². The zero-order valence-corrected chi connectivity index (χ0v) is 81.7. The molecule has 18 rings (SSSR count). The number of ether oxygens (including phenoxy) is 4. The van der Waals surface area contributed by atoms with Gasteiger partial charge in [0.25, 0.3) is 0 Å². The Kier molecular flexibility index (Phi) is 31.2. The van der Waals surface area contributed by atoms with E-state index in [0.717, 1.165) is 52.1 Å². The number of hydrogen-bond donors (Lipinski definition) is 6. The van der Waals surface area contributed by atoms with Gasteiger partial charge in [-0.25, -0.2) is 61.3 Å². The molecule has 9 aromatic rings. The second kappa shape index (κ2) is 43.8. The molecule has 9 aliphatic heterocycles. The molecule has 0 radical (unpaired) electrons. The Labute approximate surface area is 829 Å². The largest absolute Gasteiger partial charge is 0.481 e. The van der Waals surface area contributed by atoms with Gasteiger partial charge in [0.2, 0.25) is 0 Å². The van der Waals surface area contributed by atoms with E-state index < -0.39 is 89.3 Å². The second-order valence-corrected chi connectivity index (χ2v) is 38.2. The van der Waals surface area contributed by atoms with Crippen LogP contribution in [0.1, 0.15) is 103 Å². The van der Waals surface area contributed by atoms with Gasteiger partial charge in [-0.3, -0.25) is 58.8 Å². The number of urea groups is 3. The molecule has 0 spiro atoms. The first-order valence-corrected chi connectivity index (χ1v) is 48.6. The molecule has 34 nitrogen and oxygen atoms in total. The number of aliphatic carboxylic acids is 3. The van der Waals surface area contributed by atoms with Crippen LogP contribution in [-0.2, 0) is 67.0 Å². The molecule has 43 heteroatoms. The fraction of sp³-hybridized carbons (Fsp3) is 0.357. The summed E-state index contributed by atoms with van der Waals surface area (Å²) in [5.41, 5.74) is 10.1. The van der Waals surface area contributed by atoms with Crippen LogP contribution in [0.5, 0.6) is 0 Å². The van der Waals surface area contributed by atoms with Crippen molar-refractivity contribution in [2.45, 2.75) is 108 Å². The van der Waals surface area contributed by atoms with E-state index in [4.69, 9.17) is 67.3 Å². The quantitative estimate of drug-likeness (QED) is 0.0151. The van der Waals surface area contributed by atoms with Gasteiger partial charge < -0.3 is 64.9 Å². The average Bonchev–Trinajstić information content (AvgIpc) is 1.74. The van der Waals surface area contributed by atoms with Crippen molar-refractivity contribution in [3.63, 3.8) is 0 Å². The summed E-state index contributed by atoms with van der Waals surface area (Å²) in [6.07, 6.45) is 6.65. The maximum absolute atomic E-state index is 14.9. The molecule has 3 aromatic heterocycles. The third kappa shape index (κ3) is 21.5. The van der Waals surface area contributed by atoms with Crippen molar-refractivity contribution >= 4 is 146 Å². The minimum absolute atomic E-state index is 0.00909. The lowest BCUT2D eigenvalue weighted by molar-refractivity contribution is -0.147. The summed E-state index contributed by atoms with van der Waals surface area (Å²) in [7, 11) is 5.39. The Morgan fingerprint density at radius 2 is 0.915 bits per heavy atom. The van der Waals surface area contributed by atoms with Crippen molar-refractivity contribution < 1.29 is 95.0 Å². The third-order valence-electron chi connectivity index (χ3n) is 26.2. The highest BCUT2D eigenvalue weighted by atomic mass is 35.5. The van der Waals surface area contributed by atoms with Gasteiger partial charge >= 0.3 is 53.9 Å². The summed E-state index contributed by atoms with van der Waals surface area (Å²) in [5.74, 6) is -6.65. The van der Waals surface area contributed by atoms with Crippen LogP contribution >= 0.6 is 57.2 Å². The number of aromatic nitrogens is 3. The van der Waals surface area contributed by atoms with Gasteiger partial charge in [-0.2, -0.15) is 0 Å². The number of carboxylic acid groups (broad SMARTS) is 3. The van der Waals surface area contributed by atoms with Gasteiger partial charge in [-0.1, -0.05) is 84.7 Å². The number of carbonyl (C=O) groups is 9. The maximum Gasteiger partial charge on any atom is 0.338 e. The molecule has 0 saturated carbocycles. The molecule has 9 aliphatic rings. The number of aryl methyl sites for hydroxylation is 5. The fourth-order valence-electron chi connectivity index (χ4n) is 19.5. The first-order chi connectivity index (χ1) is 67.8. The number of thiazole rings is 3. The number of nitrogens with one attached hydrogen (secondary N) is 3. The van der Waals surface area contributed by atoms with Crippen molar-refractivity contribution in [2.24, 2.45) is 15.0 Å². The Balaban J connectivity index is 0.000000152. The van der Waals surface area contributed by atoms with Crippen molar-refractivity contribution in [3.05, 3.63) is 276 Å². The smallest absolute Gasteiger partial charge is 0.338 e. The topological polar surface area (TPSA) is 392 Å². The summed E-state index contributed by atoms with van der Waals surface area (Å²) < 4.78 is 78.3. The molecular formula is C98H100Cl2F4N18O16S3. The lowest BCUT2D eigenvalue weighted by Crippen LogP contribution is -2.62. The standard InChI is InChI=1S/C34H36F2N6O6S.C33H34ClFN6O5S.C31H30ClFN6O5S/c1-19-22(9-10-23(35)29(19)36)30-28(33(45)48-3)24(38-31(39-30)32-37-12-15-49-32)16-40-13-14-41-25(26(40)18-47-2)17-42(34(41)46)21-7-4-20(5-8-21)6-11-27(43)44;1-18-12-20(4-7-26(42)43)13-19(2)29(18)41-16-22-15-39(9-10-40(22)33(41)45)17-25-27(32(44)46-3)28(23-6-5-21(35)14-24(23)34)38-30(37-25)31-36-8-11-47-31;1-3-17-4-7-19(8-5-17)39-16-23-26(29(40)41)37(11-12-38(23)31(39)43)15-22-24(30(42)44-2)25(20-9-6-18(33)14-21(20)32)36-27(35-22)28-34-10-13-45-28/h4-5,7-10,12,15,25-26,30H,6,11,13-14,16-18H2,1-3H3,(H,38,39)(H,43,44);5-6,8,11-14,22,28H,4,7,9-10,15-17H2,1-3H3,(H,37,38)(H,42,43);4-10,13-14,23,25-26H,3,11-12,15-16H2,1-2H3,(H,35,36)(H,40,41)/t25-,26-,30+;22-,28-;23-,25+,26+/m101/s1. The average molecular weight is 2030 g/mol. The van der Waals surface area contributed by atoms with Crippen LogP contribution in [0, 0.1) is 44.0 Å². The van der Waals surface area contributed by atoms with Gasteiger partial charge in [0.15, 0.2) is 44.2 Å². The van der Waals surface area contributed by atoms with Crippen LogP contribution in [0.15, 0.2) is 193 Å². The van der Waals surface area contributed by atoms with Crippen molar-refractivity contribution in [2.75, 3.05) is 135 Å². The summed E-state index contributed by atoms with van der Waals surface area (Å²) >= 11 is 17.0. The number of anilines is 3. The van der Waals surface area contributed by atoms with E-state index in [0.29, 0.717) is 143 Å². The molecule has 12 heterocycles. The summed E-state index contributed by atoms with van der Waals surface area (Å²) in [6, 6.07) is 23.6. The molecular weight excluding hydrogens is 1930 g/mol. The molecule has 6 N–H and O–H groups in total. The number of benzene rings is 6. The number of nitrogens with zero attached hydrogens (tertiary/aromatic N) is 15. The minimum Gasteiger partial charge on any atom is -0.481 e. The zero-order valence-electron chi connectivity index (χ0n) is 77.8. The lowest BCUT2D eigenvalue weighted by atomic mass is 9.91.